The molecule has 0 radical (unpaired) electrons. The van der Waals surface area contributed by atoms with Gasteiger partial charge in [0.15, 0.2) is 17.5 Å². The van der Waals surface area contributed by atoms with E-state index in [2.05, 4.69) is 16.2 Å². The van der Waals surface area contributed by atoms with Crippen LogP contribution < -0.4 is 20.9 Å². The zero-order valence-electron chi connectivity index (χ0n) is 13.6. The van der Waals surface area contributed by atoms with Crippen molar-refractivity contribution >= 4 is 34.6 Å². The number of nitrogens with zero attached hydrogens (tertiary/aromatic N) is 1. The van der Waals surface area contributed by atoms with E-state index >= 15 is 0 Å². The second-order valence-electron chi connectivity index (χ2n) is 5.10. The molecule has 26 heavy (non-hydrogen) atoms. The lowest BCUT2D eigenvalue weighted by atomic mass is 10.2. The molecule has 1 amide bonds. The Bertz CT molecular complexity index is 847. The van der Waals surface area contributed by atoms with Crippen molar-refractivity contribution in [3.05, 3.63) is 64.0 Å². The minimum atomic E-state index is -0.609. The Labute approximate surface area is 153 Å². The minimum Gasteiger partial charge on any atom is -0.477 e. The van der Waals surface area contributed by atoms with E-state index in [1.165, 1.54) is 24.3 Å². The standard InChI is InChI=1S/C16H15FN4O4S/c1-10-6-7-11(8-12(10)17)18-16(26)20-19-15(22)9-25-14-5-3-2-4-13(14)21(23)24/h2-8H,9H2,1H3,(H,19,22)(H2,18,20,26). The summed E-state index contributed by atoms with van der Waals surface area (Å²) in [6.07, 6.45) is 0. The zero-order valence-corrected chi connectivity index (χ0v) is 14.4. The molecule has 0 bridgehead atoms. The molecule has 2 aromatic rings. The van der Waals surface area contributed by atoms with E-state index in [1.54, 1.807) is 25.1 Å². The number of thiocarbonyl (C=S) groups is 1. The average Bonchev–Trinajstić information content (AvgIpc) is 2.61. The summed E-state index contributed by atoms with van der Waals surface area (Å²) in [6, 6.07) is 10.2. The van der Waals surface area contributed by atoms with E-state index < -0.39 is 17.4 Å². The summed E-state index contributed by atoms with van der Waals surface area (Å²) in [5.41, 5.74) is 5.35. The van der Waals surface area contributed by atoms with Gasteiger partial charge in [0, 0.05) is 11.8 Å². The monoisotopic (exact) mass is 378 g/mol. The molecule has 0 atom stereocenters. The van der Waals surface area contributed by atoms with E-state index in [0.717, 1.165) is 0 Å². The molecular formula is C16H15FN4O4S. The van der Waals surface area contributed by atoms with Crippen LogP contribution in [0, 0.1) is 22.9 Å². The Kier molecular flexibility index (Phi) is 6.39. The van der Waals surface area contributed by atoms with E-state index in [4.69, 9.17) is 17.0 Å². The fourth-order valence-corrected chi connectivity index (χ4v) is 2.04. The van der Waals surface area contributed by atoms with Crippen molar-refractivity contribution in [3.63, 3.8) is 0 Å². The van der Waals surface area contributed by atoms with Crippen LogP contribution in [0.5, 0.6) is 5.75 Å². The number of para-hydroxylation sites is 2. The van der Waals surface area contributed by atoms with Gasteiger partial charge in [-0.15, -0.1) is 0 Å². The number of hydrazine groups is 1. The lowest BCUT2D eigenvalue weighted by Gasteiger charge is -2.12. The molecule has 0 aliphatic heterocycles. The maximum atomic E-state index is 13.5. The van der Waals surface area contributed by atoms with Gasteiger partial charge in [-0.05, 0) is 42.9 Å². The average molecular weight is 378 g/mol. The second kappa shape index (κ2) is 8.72. The van der Waals surface area contributed by atoms with Crippen LogP contribution in [-0.4, -0.2) is 22.5 Å². The normalized spacial score (nSPS) is 9.92. The largest absolute Gasteiger partial charge is 0.477 e. The number of nitro groups is 1. The van der Waals surface area contributed by atoms with Crippen LogP contribution in [-0.2, 0) is 4.79 Å². The van der Waals surface area contributed by atoms with Crippen molar-refractivity contribution < 1.29 is 18.8 Å². The van der Waals surface area contributed by atoms with Crippen molar-refractivity contribution in [2.24, 2.45) is 0 Å². The maximum absolute atomic E-state index is 13.5. The van der Waals surface area contributed by atoms with Gasteiger partial charge in [0.25, 0.3) is 5.91 Å². The van der Waals surface area contributed by atoms with Crippen molar-refractivity contribution in [2.45, 2.75) is 6.92 Å². The van der Waals surface area contributed by atoms with Crippen LogP contribution in [0.25, 0.3) is 0 Å². The van der Waals surface area contributed by atoms with Crippen LogP contribution in [0.4, 0.5) is 15.8 Å². The third-order valence-electron chi connectivity index (χ3n) is 3.17. The van der Waals surface area contributed by atoms with Crippen molar-refractivity contribution in [1.82, 2.24) is 10.9 Å². The Morgan fingerprint density at radius 1 is 1.27 bits per heavy atom. The molecule has 0 aromatic heterocycles. The highest BCUT2D eigenvalue weighted by Crippen LogP contribution is 2.25. The smallest absolute Gasteiger partial charge is 0.310 e. The highest BCUT2D eigenvalue weighted by Gasteiger charge is 2.14. The second-order valence-corrected chi connectivity index (χ2v) is 5.51. The van der Waals surface area contributed by atoms with E-state index in [0.29, 0.717) is 11.3 Å². The van der Waals surface area contributed by atoms with Crippen LogP contribution in [0.1, 0.15) is 5.56 Å². The van der Waals surface area contributed by atoms with Crippen LogP contribution in [0.15, 0.2) is 42.5 Å². The predicted molar refractivity (Wildman–Crippen MR) is 97.2 cm³/mol. The number of nitrogens with one attached hydrogen (secondary N) is 3. The number of hydrogen-bond donors (Lipinski definition) is 3. The molecule has 0 fully saturated rings. The highest BCUT2D eigenvalue weighted by atomic mass is 32.1. The van der Waals surface area contributed by atoms with Gasteiger partial charge in [-0.2, -0.15) is 0 Å². The number of benzene rings is 2. The molecule has 2 aromatic carbocycles. The molecule has 8 nitrogen and oxygen atoms in total. The summed E-state index contributed by atoms with van der Waals surface area (Å²) in [4.78, 5) is 22.0. The molecule has 10 heteroatoms. The van der Waals surface area contributed by atoms with Gasteiger partial charge in [-0.3, -0.25) is 25.8 Å². The first kappa shape index (κ1) is 19.1. The third kappa shape index (κ3) is 5.38. The Hall–Kier alpha value is -3.27. The number of aryl methyl sites for hydroxylation is 1. The molecule has 0 unspecified atom stereocenters. The van der Waals surface area contributed by atoms with Crippen LogP contribution in [0.2, 0.25) is 0 Å². The molecule has 3 N–H and O–H groups in total. The topological polar surface area (TPSA) is 106 Å². The zero-order chi connectivity index (χ0) is 19.1. The van der Waals surface area contributed by atoms with Crippen LogP contribution >= 0.6 is 12.2 Å². The molecule has 0 spiro atoms. The number of anilines is 1. The maximum Gasteiger partial charge on any atom is 0.310 e. The first-order valence-corrected chi connectivity index (χ1v) is 7.76. The molecule has 0 aliphatic rings. The van der Waals surface area contributed by atoms with Gasteiger partial charge in [0.2, 0.25) is 0 Å². The van der Waals surface area contributed by atoms with Gasteiger partial charge in [0.1, 0.15) is 5.82 Å². The van der Waals surface area contributed by atoms with Crippen LogP contribution in [0.3, 0.4) is 0 Å². The Morgan fingerprint density at radius 2 is 2.00 bits per heavy atom. The molecular weight excluding hydrogens is 363 g/mol. The number of halogens is 1. The summed E-state index contributed by atoms with van der Waals surface area (Å²) in [5, 5.41) is 13.6. The van der Waals surface area contributed by atoms with Gasteiger partial charge >= 0.3 is 5.69 Å². The fourth-order valence-electron chi connectivity index (χ4n) is 1.87. The Balaban J connectivity index is 1.80. The quantitative estimate of drug-likeness (QED) is 0.417. The summed E-state index contributed by atoms with van der Waals surface area (Å²) in [6.45, 7) is 1.17. The summed E-state index contributed by atoms with van der Waals surface area (Å²) >= 11 is 4.97. The number of carbonyl (C=O) groups excluding carboxylic acids is 1. The van der Waals surface area contributed by atoms with E-state index in [-0.39, 0.29) is 22.4 Å². The summed E-state index contributed by atoms with van der Waals surface area (Å²) in [5.74, 6) is -1.02. The summed E-state index contributed by atoms with van der Waals surface area (Å²) in [7, 11) is 0. The Morgan fingerprint density at radius 3 is 2.69 bits per heavy atom. The van der Waals surface area contributed by atoms with Crippen molar-refractivity contribution in [2.75, 3.05) is 11.9 Å². The number of nitro benzene ring substituents is 1. The number of ether oxygens (including phenoxy) is 1. The predicted octanol–water partition coefficient (Wildman–Crippen LogP) is 2.44. The first-order chi connectivity index (χ1) is 12.4. The molecule has 0 saturated carbocycles. The number of hydrogen-bond acceptors (Lipinski definition) is 5. The molecule has 0 saturated heterocycles. The van der Waals surface area contributed by atoms with E-state index in [1.807, 2.05) is 0 Å². The van der Waals surface area contributed by atoms with Gasteiger partial charge in [-0.25, -0.2) is 4.39 Å². The molecule has 0 heterocycles. The van der Waals surface area contributed by atoms with Crippen molar-refractivity contribution in [1.29, 1.82) is 0 Å². The minimum absolute atomic E-state index is 0.0246. The first-order valence-electron chi connectivity index (χ1n) is 7.35. The van der Waals surface area contributed by atoms with Gasteiger partial charge < -0.3 is 10.1 Å². The lowest BCUT2D eigenvalue weighted by molar-refractivity contribution is -0.385. The highest BCUT2D eigenvalue weighted by molar-refractivity contribution is 7.80. The lowest BCUT2D eigenvalue weighted by Crippen LogP contribution is -2.45. The SMILES string of the molecule is Cc1ccc(NC(=S)NNC(=O)COc2ccccc2[N+](=O)[O-])cc1F. The summed E-state index contributed by atoms with van der Waals surface area (Å²) < 4.78 is 18.6. The number of carbonyl (C=O) groups is 1. The van der Waals surface area contributed by atoms with Gasteiger partial charge in [0.05, 0.1) is 4.92 Å². The van der Waals surface area contributed by atoms with Gasteiger partial charge in [-0.1, -0.05) is 18.2 Å². The molecule has 136 valence electrons. The molecule has 2 rings (SSSR count). The third-order valence-corrected chi connectivity index (χ3v) is 3.37. The fraction of sp³-hybridized carbons (Fsp3) is 0.125. The number of amides is 1. The molecule has 0 aliphatic carbocycles. The van der Waals surface area contributed by atoms with Crippen molar-refractivity contribution in [3.8, 4) is 5.75 Å². The number of rotatable bonds is 5. The van der Waals surface area contributed by atoms with E-state index in [9.17, 15) is 19.3 Å².